The highest BCUT2D eigenvalue weighted by atomic mass is 32.2. The van der Waals surface area contributed by atoms with Crippen molar-refractivity contribution >= 4 is 40.5 Å². The second-order valence-corrected chi connectivity index (χ2v) is 5.23. The average Bonchev–Trinajstić information content (AvgIpc) is 2.64. The lowest BCUT2D eigenvalue weighted by molar-refractivity contribution is -0.137. The smallest absolute Gasteiger partial charge is 0.315 e. The highest BCUT2D eigenvalue weighted by Crippen LogP contribution is 2.19. The number of nitrogens with one attached hydrogen (secondary N) is 1. The lowest BCUT2D eigenvalue weighted by atomic mass is 10.2. The van der Waals surface area contributed by atoms with Gasteiger partial charge in [-0.2, -0.15) is 0 Å². The predicted molar refractivity (Wildman–Crippen MR) is 63.4 cm³/mol. The van der Waals surface area contributed by atoms with Crippen LogP contribution in [0.3, 0.4) is 0 Å². The Balaban J connectivity index is 2.16. The van der Waals surface area contributed by atoms with Crippen LogP contribution in [0.1, 0.15) is 6.42 Å². The third-order valence-corrected chi connectivity index (χ3v) is 3.87. The molecule has 0 aliphatic carbocycles. The van der Waals surface area contributed by atoms with Crippen molar-refractivity contribution in [1.82, 2.24) is 5.32 Å². The highest BCUT2D eigenvalue weighted by molar-refractivity contribution is 8.14. The van der Waals surface area contributed by atoms with Gasteiger partial charge in [0.05, 0.1) is 24.7 Å². The summed E-state index contributed by atoms with van der Waals surface area (Å²) in [7, 11) is 1.30. The van der Waals surface area contributed by atoms with Crippen LogP contribution >= 0.6 is 23.5 Å². The topological polar surface area (TPSA) is 72.5 Å². The highest BCUT2D eigenvalue weighted by Gasteiger charge is 2.26. The number of carbonyl (C=O) groups is 3. The number of amides is 1. The van der Waals surface area contributed by atoms with Crippen LogP contribution in [0, 0.1) is 0 Å². The summed E-state index contributed by atoms with van der Waals surface area (Å²) in [5, 5.41) is 2.66. The Labute approximate surface area is 102 Å². The van der Waals surface area contributed by atoms with Crippen molar-refractivity contribution in [3.63, 3.8) is 0 Å². The Hall–Kier alpha value is -0.690. The summed E-state index contributed by atoms with van der Waals surface area (Å²) in [5.41, 5.74) is 0. The second kappa shape index (κ2) is 6.80. The lowest BCUT2D eigenvalue weighted by Crippen LogP contribution is -2.38. The maximum absolute atomic E-state index is 11.4. The number of hydrogen-bond donors (Lipinski definition) is 1. The number of ether oxygens (including phenoxy) is 1. The second-order valence-electron chi connectivity index (χ2n) is 3.15. The molecule has 5 nitrogen and oxygen atoms in total. The fourth-order valence-corrected chi connectivity index (χ4v) is 2.74. The summed E-state index contributed by atoms with van der Waals surface area (Å²) in [4.78, 5) is 33.3. The molecule has 0 radical (unpaired) electrons. The molecular formula is C9H13NO4S2. The Morgan fingerprint density at radius 3 is 2.88 bits per heavy atom. The Morgan fingerprint density at radius 1 is 1.56 bits per heavy atom. The number of esters is 1. The van der Waals surface area contributed by atoms with Crippen molar-refractivity contribution in [1.29, 1.82) is 0 Å². The standard InChI is InChI=1S/C9H13NO4S2/c1-14-8(12)5-15-4-7(11)10-6-2-3-16-9(6)13/h6H,2-5H2,1H3,(H,10,11)/t6-/m0/s1. The first kappa shape index (κ1) is 13.4. The Kier molecular flexibility index (Phi) is 5.68. The fraction of sp³-hybridized carbons (Fsp3) is 0.667. The minimum absolute atomic E-state index is 0.0197. The molecule has 7 heteroatoms. The van der Waals surface area contributed by atoms with Crippen molar-refractivity contribution in [3.05, 3.63) is 0 Å². The molecule has 1 N–H and O–H groups in total. The van der Waals surface area contributed by atoms with Gasteiger partial charge in [-0.15, -0.1) is 11.8 Å². The van der Waals surface area contributed by atoms with E-state index in [-0.39, 0.29) is 34.5 Å². The van der Waals surface area contributed by atoms with Crippen molar-refractivity contribution in [2.45, 2.75) is 12.5 Å². The van der Waals surface area contributed by atoms with Gasteiger partial charge in [-0.25, -0.2) is 0 Å². The van der Waals surface area contributed by atoms with E-state index in [9.17, 15) is 14.4 Å². The van der Waals surface area contributed by atoms with Crippen molar-refractivity contribution in [2.75, 3.05) is 24.4 Å². The molecule has 1 atom stereocenters. The van der Waals surface area contributed by atoms with E-state index < -0.39 is 0 Å². The molecule has 0 aromatic carbocycles. The van der Waals surface area contributed by atoms with E-state index in [0.717, 1.165) is 5.75 Å². The maximum Gasteiger partial charge on any atom is 0.315 e. The molecular weight excluding hydrogens is 250 g/mol. The molecule has 0 aromatic rings. The molecule has 0 bridgehead atoms. The average molecular weight is 263 g/mol. The number of carbonyl (C=O) groups excluding carboxylic acids is 3. The SMILES string of the molecule is COC(=O)CSCC(=O)N[C@H]1CCSC1=O. The zero-order valence-corrected chi connectivity index (χ0v) is 10.5. The quantitative estimate of drug-likeness (QED) is 0.706. The molecule has 1 heterocycles. The van der Waals surface area contributed by atoms with Gasteiger partial charge >= 0.3 is 5.97 Å². The van der Waals surface area contributed by atoms with E-state index in [1.54, 1.807) is 0 Å². The Bertz CT molecular complexity index is 295. The van der Waals surface area contributed by atoms with Crippen molar-refractivity contribution in [3.8, 4) is 0 Å². The van der Waals surface area contributed by atoms with Crippen LogP contribution in [-0.4, -0.2) is 47.4 Å². The zero-order chi connectivity index (χ0) is 12.0. The maximum atomic E-state index is 11.4. The molecule has 1 rings (SSSR count). The number of methoxy groups -OCH3 is 1. The van der Waals surface area contributed by atoms with Gasteiger partial charge in [-0.1, -0.05) is 11.8 Å². The van der Waals surface area contributed by atoms with E-state index in [1.807, 2.05) is 0 Å². The van der Waals surface area contributed by atoms with E-state index in [1.165, 1.54) is 30.6 Å². The number of thioether (sulfide) groups is 2. The van der Waals surface area contributed by atoms with Gasteiger partial charge in [0.2, 0.25) is 11.0 Å². The summed E-state index contributed by atoms with van der Waals surface area (Å²) in [6.45, 7) is 0. The van der Waals surface area contributed by atoms with Crippen LogP contribution in [0.2, 0.25) is 0 Å². The molecule has 0 spiro atoms. The largest absolute Gasteiger partial charge is 0.468 e. The summed E-state index contributed by atoms with van der Waals surface area (Å²) < 4.78 is 4.43. The first-order valence-corrected chi connectivity index (χ1v) is 6.88. The van der Waals surface area contributed by atoms with Crippen LogP contribution in [0.5, 0.6) is 0 Å². The van der Waals surface area contributed by atoms with Gasteiger partial charge in [-0.05, 0) is 6.42 Å². The third-order valence-electron chi connectivity index (χ3n) is 1.95. The van der Waals surface area contributed by atoms with Crippen LogP contribution in [0.15, 0.2) is 0 Å². The van der Waals surface area contributed by atoms with E-state index in [4.69, 9.17) is 0 Å². The first-order valence-electron chi connectivity index (χ1n) is 4.74. The van der Waals surface area contributed by atoms with Crippen LogP contribution in [0.4, 0.5) is 0 Å². The number of hydrogen-bond acceptors (Lipinski definition) is 6. The molecule has 0 saturated carbocycles. The van der Waals surface area contributed by atoms with Gasteiger partial charge < -0.3 is 10.1 Å². The lowest BCUT2D eigenvalue weighted by Gasteiger charge is -2.09. The summed E-state index contributed by atoms with van der Waals surface area (Å²) >= 11 is 2.42. The first-order chi connectivity index (χ1) is 7.63. The van der Waals surface area contributed by atoms with Crippen LogP contribution in [0.25, 0.3) is 0 Å². The molecule has 1 aliphatic rings. The van der Waals surface area contributed by atoms with E-state index in [0.29, 0.717) is 6.42 Å². The molecule has 1 aliphatic heterocycles. The molecule has 16 heavy (non-hydrogen) atoms. The summed E-state index contributed by atoms with van der Waals surface area (Å²) in [5.74, 6) is 0.514. The minimum atomic E-state index is -0.356. The van der Waals surface area contributed by atoms with Crippen molar-refractivity contribution < 1.29 is 19.1 Å². The number of rotatable bonds is 5. The van der Waals surface area contributed by atoms with Crippen molar-refractivity contribution in [2.24, 2.45) is 0 Å². The van der Waals surface area contributed by atoms with Gasteiger partial charge in [0.25, 0.3) is 0 Å². The molecule has 0 unspecified atom stereocenters. The normalized spacial score (nSPS) is 19.6. The molecule has 1 fully saturated rings. The molecule has 0 aromatic heterocycles. The minimum Gasteiger partial charge on any atom is -0.468 e. The fourth-order valence-electron chi connectivity index (χ4n) is 1.15. The summed E-state index contributed by atoms with van der Waals surface area (Å²) in [6.07, 6.45) is 0.691. The zero-order valence-electron chi connectivity index (χ0n) is 8.86. The van der Waals surface area contributed by atoms with Gasteiger partial charge in [0, 0.05) is 5.75 Å². The van der Waals surface area contributed by atoms with E-state index in [2.05, 4.69) is 10.1 Å². The van der Waals surface area contributed by atoms with Crippen LogP contribution in [-0.2, 0) is 19.1 Å². The molecule has 90 valence electrons. The Morgan fingerprint density at radius 2 is 2.31 bits per heavy atom. The van der Waals surface area contributed by atoms with Crippen LogP contribution < -0.4 is 5.32 Å². The van der Waals surface area contributed by atoms with Gasteiger partial charge in [0.15, 0.2) is 0 Å². The summed E-state index contributed by atoms with van der Waals surface area (Å²) in [6, 6.07) is -0.351. The predicted octanol–water partition coefficient (Wildman–Crippen LogP) is 0.0409. The molecule has 1 saturated heterocycles. The third kappa shape index (κ3) is 4.44. The van der Waals surface area contributed by atoms with Gasteiger partial charge in [0.1, 0.15) is 0 Å². The van der Waals surface area contributed by atoms with Gasteiger partial charge in [-0.3, -0.25) is 14.4 Å². The van der Waals surface area contributed by atoms with E-state index >= 15 is 0 Å². The monoisotopic (exact) mass is 263 g/mol. The molecule has 1 amide bonds.